The maximum absolute atomic E-state index is 6.42. The number of hydrogen-bond acceptors (Lipinski definition) is 2. The molecule has 1 aromatic carbocycles. The zero-order chi connectivity index (χ0) is 17.2. The van der Waals surface area contributed by atoms with E-state index < -0.39 is 13.3 Å². The van der Waals surface area contributed by atoms with Crippen LogP contribution in [0.25, 0.3) is 22.6 Å². The van der Waals surface area contributed by atoms with E-state index in [2.05, 4.69) is 68.7 Å². The minimum absolute atomic E-state index is 0.931. The predicted molar refractivity (Wildman–Crippen MR) is 105 cm³/mol. The summed E-state index contributed by atoms with van der Waals surface area (Å²) in [4.78, 5) is 4.86. The van der Waals surface area contributed by atoms with Crippen molar-refractivity contribution in [2.45, 2.75) is 56.4 Å². The Morgan fingerprint density at radius 2 is 1.67 bits per heavy atom. The molecule has 128 valence electrons. The molecule has 0 unspecified atom stereocenters. The average molecular weight is 385 g/mol. The molecule has 0 saturated heterocycles. The van der Waals surface area contributed by atoms with Gasteiger partial charge in [0.05, 0.1) is 0 Å². The topological polar surface area (TPSA) is 31.0 Å². The molecule has 2 aromatic heterocycles. The quantitative estimate of drug-likeness (QED) is 0.509. The van der Waals surface area contributed by atoms with Crippen molar-refractivity contribution in [1.82, 2.24) is 9.55 Å². The Balaban J connectivity index is 2.10. The molecule has 0 aliphatic rings. The van der Waals surface area contributed by atoms with Crippen LogP contribution in [0.4, 0.5) is 0 Å². The third-order valence-electron chi connectivity index (χ3n) is 5.48. The molecule has 0 amide bonds. The number of aryl methyl sites for hydroxylation is 1. The van der Waals surface area contributed by atoms with Gasteiger partial charge in [0.15, 0.2) is 0 Å². The van der Waals surface area contributed by atoms with Crippen LogP contribution in [-0.2, 0) is 6.54 Å². The van der Waals surface area contributed by atoms with Crippen LogP contribution < -0.4 is 4.59 Å². The van der Waals surface area contributed by atoms with Crippen LogP contribution in [0, 0.1) is 0 Å². The summed E-state index contributed by atoms with van der Waals surface area (Å²) < 4.78 is 10.0. The number of hydrogen-bond donors (Lipinski definition) is 0. The van der Waals surface area contributed by atoms with Gasteiger partial charge in [-0.15, -0.1) is 0 Å². The molecule has 3 rings (SSSR count). The van der Waals surface area contributed by atoms with Crippen LogP contribution in [0.1, 0.15) is 34.1 Å². The van der Waals surface area contributed by atoms with Crippen molar-refractivity contribution in [3.8, 4) is 11.6 Å². The minimum atomic E-state index is -2.05. The molecule has 0 atom stereocenters. The molecule has 0 fully saturated rings. The van der Waals surface area contributed by atoms with Crippen molar-refractivity contribution in [2.75, 3.05) is 0 Å². The fourth-order valence-corrected chi connectivity index (χ4v) is 10.7. The fraction of sp³-hybridized carbons (Fsp3) is 0.450. The molecule has 0 bridgehead atoms. The number of nitrogens with zero attached hydrogens (tertiary/aromatic N) is 2. The first-order valence-electron chi connectivity index (χ1n) is 9.25. The van der Waals surface area contributed by atoms with Crippen LogP contribution in [0.5, 0.6) is 0 Å². The van der Waals surface area contributed by atoms with Crippen LogP contribution in [0.15, 0.2) is 40.8 Å². The monoisotopic (exact) mass is 386 g/mol. The van der Waals surface area contributed by atoms with Crippen molar-refractivity contribution in [3.05, 3.63) is 36.4 Å². The van der Waals surface area contributed by atoms with Gasteiger partial charge in [0.1, 0.15) is 0 Å². The molecule has 24 heavy (non-hydrogen) atoms. The molecule has 0 N–H and O–H groups in total. The number of para-hydroxylation sites is 2. The van der Waals surface area contributed by atoms with E-state index in [9.17, 15) is 0 Å². The van der Waals surface area contributed by atoms with Crippen molar-refractivity contribution in [2.24, 2.45) is 0 Å². The summed E-state index contributed by atoms with van der Waals surface area (Å²) in [5.74, 6) is 1.91. The molecule has 3 aromatic rings. The molecular formula is C20H28GeN2O. The summed E-state index contributed by atoms with van der Waals surface area (Å²) in [6.07, 6.45) is 1.08. The van der Waals surface area contributed by atoms with Gasteiger partial charge < -0.3 is 0 Å². The Bertz CT molecular complexity index is 806. The van der Waals surface area contributed by atoms with E-state index in [4.69, 9.17) is 9.40 Å². The van der Waals surface area contributed by atoms with Gasteiger partial charge in [-0.1, -0.05) is 0 Å². The first-order chi connectivity index (χ1) is 11.7. The first kappa shape index (κ1) is 17.3. The summed E-state index contributed by atoms with van der Waals surface area (Å²) in [6.45, 7) is 10.2. The van der Waals surface area contributed by atoms with Crippen LogP contribution in [-0.4, -0.2) is 22.8 Å². The third-order valence-corrected chi connectivity index (χ3v) is 16.8. The Kier molecular flexibility index (Phi) is 5.19. The van der Waals surface area contributed by atoms with E-state index in [-0.39, 0.29) is 0 Å². The number of aromatic nitrogens is 2. The third kappa shape index (κ3) is 2.83. The van der Waals surface area contributed by atoms with Gasteiger partial charge in [0, 0.05) is 0 Å². The van der Waals surface area contributed by atoms with Crippen molar-refractivity contribution in [3.63, 3.8) is 0 Å². The Morgan fingerprint density at radius 1 is 0.958 bits per heavy atom. The molecular weight excluding hydrogens is 357 g/mol. The number of rotatable bonds is 7. The van der Waals surface area contributed by atoms with Crippen LogP contribution in [0.2, 0.25) is 15.8 Å². The number of fused-ring (bicyclic) bond motifs is 1. The predicted octanol–water partition coefficient (Wildman–Crippen LogP) is 5.42. The molecule has 0 aliphatic heterocycles. The number of furan rings is 1. The van der Waals surface area contributed by atoms with Gasteiger partial charge in [-0.2, -0.15) is 0 Å². The molecule has 4 heteroatoms. The summed E-state index contributed by atoms with van der Waals surface area (Å²) in [5, 5.41) is 3.85. The van der Waals surface area contributed by atoms with E-state index in [1.807, 2.05) is 0 Å². The van der Waals surface area contributed by atoms with Gasteiger partial charge in [0.25, 0.3) is 0 Å². The molecule has 2 heterocycles. The summed E-state index contributed by atoms with van der Waals surface area (Å²) in [6, 6.07) is 12.7. The van der Waals surface area contributed by atoms with Crippen LogP contribution in [0.3, 0.4) is 0 Å². The average Bonchev–Trinajstić information content (AvgIpc) is 3.23. The second kappa shape index (κ2) is 7.18. The normalized spacial score (nSPS) is 12.2. The summed E-state index contributed by atoms with van der Waals surface area (Å²) in [7, 11) is 0. The van der Waals surface area contributed by atoms with E-state index in [1.54, 1.807) is 0 Å². The fourth-order valence-electron chi connectivity index (χ4n) is 3.73. The van der Waals surface area contributed by atoms with Crippen molar-refractivity contribution in [1.29, 1.82) is 0 Å². The summed E-state index contributed by atoms with van der Waals surface area (Å²) in [5.41, 5.74) is 2.25. The Labute approximate surface area is 147 Å². The SMILES string of the molecule is CCCn1c(-c2cc[c]([Ge]([CH2]C)([CH2]C)[CH2]C)o2)nc2ccccc21. The van der Waals surface area contributed by atoms with E-state index >= 15 is 0 Å². The zero-order valence-electron chi connectivity index (χ0n) is 15.3. The van der Waals surface area contributed by atoms with Gasteiger partial charge in [0.2, 0.25) is 0 Å². The second-order valence-corrected chi connectivity index (χ2v) is 17.4. The number of imidazole rings is 1. The van der Waals surface area contributed by atoms with E-state index in [0.717, 1.165) is 30.1 Å². The Morgan fingerprint density at radius 3 is 2.33 bits per heavy atom. The van der Waals surface area contributed by atoms with Gasteiger partial charge >= 0.3 is 147 Å². The Hall–Kier alpha value is -1.49. The first-order valence-corrected chi connectivity index (χ1v) is 14.7. The second-order valence-electron chi connectivity index (χ2n) is 6.58. The van der Waals surface area contributed by atoms with Crippen molar-refractivity contribution < 1.29 is 4.42 Å². The molecule has 3 nitrogen and oxygen atoms in total. The van der Waals surface area contributed by atoms with Gasteiger partial charge in [-0.3, -0.25) is 0 Å². The molecule has 0 spiro atoms. The van der Waals surface area contributed by atoms with E-state index in [0.29, 0.717) is 0 Å². The van der Waals surface area contributed by atoms with Gasteiger partial charge in [-0.25, -0.2) is 0 Å². The molecule has 0 radical (unpaired) electrons. The number of benzene rings is 1. The molecule has 0 aliphatic carbocycles. The van der Waals surface area contributed by atoms with E-state index in [1.165, 1.54) is 25.9 Å². The standard InChI is InChI=1S/C20H28GeN2O/c1-5-15-23-17-12-10-9-11-16(17)22-20(23)18-13-14-19(24-18)21(6-2,7-3)8-4/h9-14H,5-8,15H2,1-4H3. The maximum atomic E-state index is 6.42. The summed E-state index contributed by atoms with van der Waals surface area (Å²) >= 11 is -2.05. The van der Waals surface area contributed by atoms with Gasteiger partial charge in [-0.05, 0) is 0 Å². The van der Waals surface area contributed by atoms with Crippen LogP contribution >= 0.6 is 0 Å². The molecule has 0 saturated carbocycles. The van der Waals surface area contributed by atoms with Crippen molar-refractivity contribution >= 4 is 28.9 Å². The zero-order valence-corrected chi connectivity index (χ0v) is 17.4.